The first-order chi connectivity index (χ1) is 20.1. The zero-order chi connectivity index (χ0) is 30.6. The van der Waals surface area contributed by atoms with Gasteiger partial charge in [0, 0.05) is 60.0 Å². The number of nitrogens with one attached hydrogen (secondary N) is 1. The number of aliphatic hydroxyl groups excluding tert-OH is 1. The average Bonchev–Trinajstić information content (AvgIpc) is 2.93. The molecule has 2 amide bonds. The molecule has 3 rings (SSSR count). The summed E-state index contributed by atoms with van der Waals surface area (Å²) >= 11 is 2.24. The SMILES string of the molecule is CCCN(CCC)C(=O)c1cc(C)cc(C(=O)N(CCc2cc(F)cc(F)c2)C[C@H](O)CNCc2cccc(I)c2)c1. The van der Waals surface area contributed by atoms with Gasteiger partial charge < -0.3 is 20.2 Å². The van der Waals surface area contributed by atoms with Gasteiger partial charge in [0.1, 0.15) is 11.6 Å². The highest BCUT2D eigenvalue weighted by Gasteiger charge is 2.22. The van der Waals surface area contributed by atoms with Crippen LogP contribution in [0.2, 0.25) is 0 Å². The maximum Gasteiger partial charge on any atom is 0.253 e. The van der Waals surface area contributed by atoms with Crippen molar-refractivity contribution in [3.63, 3.8) is 0 Å². The quantitative estimate of drug-likeness (QED) is 0.193. The fourth-order valence-corrected chi connectivity index (χ4v) is 5.50. The van der Waals surface area contributed by atoms with Gasteiger partial charge in [-0.3, -0.25) is 9.59 Å². The van der Waals surface area contributed by atoms with Crippen LogP contribution < -0.4 is 5.32 Å². The molecule has 0 heterocycles. The van der Waals surface area contributed by atoms with Gasteiger partial charge in [-0.2, -0.15) is 0 Å². The number of nitrogens with zero attached hydrogens (tertiary/aromatic N) is 2. The van der Waals surface area contributed by atoms with Crippen LogP contribution in [0.5, 0.6) is 0 Å². The molecule has 0 aliphatic carbocycles. The highest BCUT2D eigenvalue weighted by Crippen LogP contribution is 2.17. The number of aliphatic hydroxyl groups is 1. The molecule has 3 aromatic rings. The molecule has 0 aliphatic heterocycles. The monoisotopic (exact) mass is 691 g/mol. The topological polar surface area (TPSA) is 72.9 Å². The molecular weight excluding hydrogens is 651 g/mol. The molecule has 3 aromatic carbocycles. The minimum absolute atomic E-state index is 0.00493. The van der Waals surface area contributed by atoms with Gasteiger partial charge in [0.2, 0.25) is 0 Å². The van der Waals surface area contributed by atoms with E-state index >= 15 is 0 Å². The number of aryl methyl sites for hydroxylation is 1. The molecule has 6 nitrogen and oxygen atoms in total. The lowest BCUT2D eigenvalue weighted by Crippen LogP contribution is -2.42. The van der Waals surface area contributed by atoms with Crippen LogP contribution in [0.1, 0.15) is 64.1 Å². The highest BCUT2D eigenvalue weighted by molar-refractivity contribution is 14.1. The van der Waals surface area contributed by atoms with Crippen molar-refractivity contribution in [1.29, 1.82) is 0 Å². The zero-order valence-electron chi connectivity index (χ0n) is 24.5. The zero-order valence-corrected chi connectivity index (χ0v) is 26.7. The second-order valence-electron chi connectivity index (χ2n) is 10.6. The molecule has 0 spiro atoms. The Labute approximate surface area is 261 Å². The summed E-state index contributed by atoms with van der Waals surface area (Å²) in [6.07, 6.45) is 0.957. The van der Waals surface area contributed by atoms with E-state index in [0.717, 1.165) is 33.6 Å². The van der Waals surface area contributed by atoms with Crippen LogP contribution in [0.15, 0.2) is 60.7 Å². The van der Waals surface area contributed by atoms with E-state index in [1.807, 2.05) is 45.0 Å². The van der Waals surface area contributed by atoms with E-state index in [1.54, 1.807) is 23.1 Å². The van der Waals surface area contributed by atoms with Crippen LogP contribution in [0, 0.1) is 22.1 Å². The van der Waals surface area contributed by atoms with Crippen LogP contribution in [-0.4, -0.2) is 65.5 Å². The minimum Gasteiger partial charge on any atom is -0.390 e. The molecule has 0 bridgehead atoms. The number of carbonyl (C=O) groups is 2. The molecule has 9 heteroatoms. The van der Waals surface area contributed by atoms with Gasteiger partial charge in [-0.15, -0.1) is 0 Å². The molecule has 42 heavy (non-hydrogen) atoms. The number of hydrogen-bond acceptors (Lipinski definition) is 4. The molecule has 2 N–H and O–H groups in total. The molecule has 0 aliphatic rings. The van der Waals surface area contributed by atoms with Gasteiger partial charge in [-0.1, -0.05) is 26.0 Å². The Morgan fingerprint density at radius 2 is 1.48 bits per heavy atom. The van der Waals surface area contributed by atoms with Gasteiger partial charge in [0.15, 0.2) is 0 Å². The first-order valence-corrected chi connectivity index (χ1v) is 15.5. The van der Waals surface area contributed by atoms with Crippen LogP contribution in [0.3, 0.4) is 0 Å². The third kappa shape index (κ3) is 10.4. The summed E-state index contributed by atoms with van der Waals surface area (Å²) in [4.78, 5) is 30.4. The number of benzene rings is 3. The van der Waals surface area contributed by atoms with Gasteiger partial charge in [-0.25, -0.2) is 8.78 Å². The number of amides is 2. The Hall–Kier alpha value is -2.89. The van der Waals surface area contributed by atoms with Crippen molar-refractivity contribution in [2.24, 2.45) is 0 Å². The average molecular weight is 692 g/mol. The Morgan fingerprint density at radius 1 is 0.857 bits per heavy atom. The molecule has 226 valence electrons. The summed E-state index contributed by atoms with van der Waals surface area (Å²) in [5, 5.41) is 14.1. The predicted octanol–water partition coefficient (Wildman–Crippen LogP) is 5.98. The number of rotatable bonds is 15. The lowest BCUT2D eigenvalue weighted by atomic mass is 10.0. The van der Waals surface area contributed by atoms with Crippen LogP contribution in [-0.2, 0) is 13.0 Å². The smallest absolute Gasteiger partial charge is 0.253 e. The van der Waals surface area contributed by atoms with E-state index in [0.29, 0.717) is 36.3 Å². The Kier molecular flexibility index (Phi) is 13.3. The molecule has 0 fully saturated rings. The minimum atomic E-state index is -0.892. The number of hydrogen-bond donors (Lipinski definition) is 2. The molecule has 0 saturated carbocycles. The Bertz CT molecular complexity index is 1330. The van der Waals surface area contributed by atoms with Gasteiger partial charge >= 0.3 is 0 Å². The summed E-state index contributed by atoms with van der Waals surface area (Å²) < 4.78 is 28.8. The van der Waals surface area contributed by atoms with Crippen LogP contribution in [0.25, 0.3) is 0 Å². The third-order valence-electron chi connectivity index (χ3n) is 6.75. The van der Waals surface area contributed by atoms with Crippen molar-refractivity contribution in [3.8, 4) is 0 Å². The highest BCUT2D eigenvalue weighted by atomic mass is 127. The molecular formula is C33H40F2IN3O3. The molecule has 0 unspecified atom stereocenters. The van der Waals surface area contributed by atoms with Crippen molar-refractivity contribution in [3.05, 3.63) is 104 Å². The van der Waals surface area contributed by atoms with E-state index in [-0.39, 0.29) is 37.9 Å². The largest absolute Gasteiger partial charge is 0.390 e. The lowest BCUT2D eigenvalue weighted by Gasteiger charge is -2.27. The molecule has 0 aromatic heterocycles. The van der Waals surface area contributed by atoms with E-state index in [9.17, 15) is 23.5 Å². The summed E-state index contributed by atoms with van der Waals surface area (Å²) in [7, 11) is 0. The van der Waals surface area contributed by atoms with E-state index in [1.165, 1.54) is 17.0 Å². The van der Waals surface area contributed by atoms with E-state index in [4.69, 9.17) is 0 Å². The van der Waals surface area contributed by atoms with Crippen LogP contribution >= 0.6 is 22.6 Å². The standard InChI is InChI=1S/C33H40F2IN3O3/c1-4-10-38(11-5-2)32(41)26-13-23(3)14-27(18-26)33(42)39(12-9-24-15-28(34)19-29(35)16-24)22-31(40)21-37-20-25-7-6-8-30(36)17-25/h6-8,13-19,31,37,40H,4-5,9-12,20-22H2,1-3H3/t31-/m1/s1. The van der Waals surface area contributed by atoms with Crippen molar-refractivity contribution >= 4 is 34.4 Å². The van der Waals surface area contributed by atoms with Crippen molar-refractivity contribution in [2.75, 3.05) is 32.7 Å². The first-order valence-electron chi connectivity index (χ1n) is 14.4. The fourth-order valence-electron chi connectivity index (χ4n) is 4.89. The summed E-state index contributed by atoms with van der Waals surface area (Å²) in [6, 6.07) is 16.4. The van der Waals surface area contributed by atoms with E-state index in [2.05, 4.69) is 27.9 Å². The van der Waals surface area contributed by atoms with Gasteiger partial charge in [0.05, 0.1) is 6.10 Å². The molecule has 1 atom stereocenters. The number of halogens is 3. The Balaban J connectivity index is 1.80. The second-order valence-corrected chi connectivity index (χ2v) is 11.8. The normalized spacial score (nSPS) is 11.8. The van der Waals surface area contributed by atoms with Gasteiger partial charge in [-0.05, 0) is 108 Å². The maximum absolute atomic E-state index is 13.8. The van der Waals surface area contributed by atoms with Crippen molar-refractivity contribution in [2.45, 2.75) is 52.7 Å². The van der Waals surface area contributed by atoms with Gasteiger partial charge in [0.25, 0.3) is 11.8 Å². The summed E-state index contributed by atoms with van der Waals surface area (Å²) in [5.41, 5.74) is 3.02. The molecule has 0 saturated heterocycles. The second kappa shape index (κ2) is 16.7. The van der Waals surface area contributed by atoms with E-state index < -0.39 is 17.7 Å². The van der Waals surface area contributed by atoms with Crippen molar-refractivity contribution in [1.82, 2.24) is 15.1 Å². The lowest BCUT2D eigenvalue weighted by molar-refractivity contribution is 0.0624. The third-order valence-corrected chi connectivity index (χ3v) is 7.43. The Morgan fingerprint density at radius 3 is 2.07 bits per heavy atom. The summed E-state index contributed by atoms with van der Waals surface area (Å²) in [5.74, 6) is -1.86. The maximum atomic E-state index is 13.8. The van der Waals surface area contributed by atoms with Crippen LogP contribution in [0.4, 0.5) is 8.78 Å². The molecule has 0 radical (unpaired) electrons. The fraction of sp³-hybridized carbons (Fsp3) is 0.394. The van der Waals surface area contributed by atoms with Crippen molar-refractivity contribution < 1.29 is 23.5 Å². The number of carbonyl (C=O) groups excluding carboxylic acids is 2. The first kappa shape index (κ1) is 33.6. The summed E-state index contributed by atoms with van der Waals surface area (Å²) in [6.45, 7) is 8.05. The predicted molar refractivity (Wildman–Crippen MR) is 171 cm³/mol.